The van der Waals surface area contributed by atoms with Gasteiger partial charge in [0.1, 0.15) is 0 Å². The van der Waals surface area contributed by atoms with Crippen molar-refractivity contribution in [1.82, 2.24) is 0 Å². The van der Waals surface area contributed by atoms with Gasteiger partial charge in [0, 0.05) is 16.7 Å². The number of hydrogen-bond donors (Lipinski definition) is 1. The number of sulfone groups is 1. The van der Waals surface area contributed by atoms with E-state index in [4.69, 9.17) is 0 Å². The zero-order valence-electron chi connectivity index (χ0n) is 8.73. The third-order valence-corrected chi connectivity index (χ3v) is 3.81. The summed E-state index contributed by atoms with van der Waals surface area (Å²) in [4.78, 5) is 11.6. The summed E-state index contributed by atoms with van der Waals surface area (Å²) in [6, 6.07) is 7.03. The number of benzene rings is 1. The summed E-state index contributed by atoms with van der Waals surface area (Å²) in [5.41, 5.74) is 1.52. The van der Waals surface area contributed by atoms with E-state index in [1.54, 1.807) is 31.2 Å². The molecule has 0 aromatic heterocycles. The zero-order valence-corrected chi connectivity index (χ0v) is 9.54. The van der Waals surface area contributed by atoms with E-state index < -0.39 is 9.84 Å². The second-order valence-electron chi connectivity index (χ2n) is 3.48. The summed E-state index contributed by atoms with van der Waals surface area (Å²) < 4.78 is 22.9. The summed E-state index contributed by atoms with van der Waals surface area (Å²) in [5, 5.41) is 3.67. The Labute approximate surface area is 93.9 Å². The molecule has 0 saturated heterocycles. The summed E-state index contributed by atoms with van der Waals surface area (Å²) in [7, 11) is -3.30. The van der Waals surface area contributed by atoms with Crippen molar-refractivity contribution in [2.75, 3.05) is 11.1 Å². The summed E-state index contributed by atoms with van der Waals surface area (Å²) in [6.07, 6.45) is 0. The number of nitrogens with one attached hydrogen (secondary N) is 1. The van der Waals surface area contributed by atoms with Crippen LogP contribution in [0, 0.1) is 0 Å². The van der Waals surface area contributed by atoms with E-state index in [1.165, 1.54) is 0 Å². The molecule has 0 unspecified atom stereocenters. The summed E-state index contributed by atoms with van der Waals surface area (Å²) >= 11 is 0. The Bertz CT molecular complexity index is 573. The number of fused-ring (bicyclic) bond motifs is 1. The first-order valence-corrected chi connectivity index (χ1v) is 6.60. The number of amides is 1. The van der Waals surface area contributed by atoms with Crippen molar-refractivity contribution in [3.8, 4) is 0 Å². The molecule has 1 aromatic rings. The van der Waals surface area contributed by atoms with Crippen molar-refractivity contribution in [2.45, 2.75) is 6.92 Å². The molecule has 1 aromatic carbocycles. The average Bonchev–Trinajstić information content (AvgIpc) is 2.56. The third kappa shape index (κ3) is 1.86. The van der Waals surface area contributed by atoms with Crippen molar-refractivity contribution >= 4 is 27.0 Å². The van der Waals surface area contributed by atoms with Crippen molar-refractivity contribution in [1.29, 1.82) is 0 Å². The van der Waals surface area contributed by atoms with Gasteiger partial charge in [0.05, 0.1) is 11.3 Å². The van der Waals surface area contributed by atoms with Gasteiger partial charge in [-0.25, -0.2) is 8.42 Å². The van der Waals surface area contributed by atoms with Gasteiger partial charge in [-0.15, -0.1) is 0 Å². The number of carbonyl (C=O) groups is 1. The molecule has 1 N–H and O–H groups in total. The van der Waals surface area contributed by atoms with Gasteiger partial charge in [0.2, 0.25) is 0 Å². The summed E-state index contributed by atoms with van der Waals surface area (Å²) in [5.74, 6) is -0.371. The van der Waals surface area contributed by atoms with Gasteiger partial charge in [-0.3, -0.25) is 4.79 Å². The first-order valence-electron chi connectivity index (χ1n) is 4.88. The number of rotatable bonds is 2. The van der Waals surface area contributed by atoms with Crippen LogP contribution >= 0.6 is 0 Å². The predicted octanol–water partition coefficient (Wildman–Crippen LogP) is 1.41. The van der Waals surface area contributed by atoms with Crippen LogP contribution in [0.15, 0.2) is 29.7 Å². The van der Waals surface area contributed by atoms with Crippen LogP contribution in [0.2, 0.25) is 0 Å². The van der Waals surface area contributed by atoms with Gasteiger partial charge in [-0.2, -0.15) is 0 Å². The van der Waals surface area contributed by atoms with Gasteiger partial charge >= 0.3 is 0 Å². The molecule has 16 heavy (non-hydrogen) atoms. The Morgan fingerprint density at radius 1 is 1.31 bits per heavy atom. The predicted molar refractivity (Wildman–Crippen MR) is 62.5 cm³/mol. The Kier molecular flexibility index (Phi) is 2.55. The van der Waals surface area contributed by atoms with Crippen LogP contribution in [-0.4, -0.2) is 20.1 Å². The van der Waals surface area contributed by atoms with Crippen molar-refractivity contribution in [3.63, 3.8) is 0 Å². The lowest BCUT2D eigenvalue weighted by molar-refractivity contribution is -0.110. The summed E-state index contributed by atoms with van der Waals surface area (Å²) in [6.45, 7) is 1.55. The average molecular weight is 237 g/mol. The maximum Gasteiger partial charge on any atom is 0.257 e. The van der Waals surface area contributed by atoms with Crippen LogP contribution in [-0.2, 0) is 14.6 Å². The molecule has 0 bridgehead atoms. The lowest BCUT2D eigenvalue weighted by atomic mass is 10.1. The van der Waals surface area contributed by atoms with E-state index in [-0.39, 0.29) is 17.2 Å². The van der Waals surface area contributed by atoms with E-state index in [2.05, 4.69) is 5.32 Å². The van der Waals surface area contributed by atoms with E-state index in [1.807, 2.05) is 0 Å². The molecule has 0 aliphatic carbocycles. The van der Waals surface area contributed by atoms with Gasteiger partial charge < -0.3 is 5.32 Å². The highest BCUT2D eigenvalue weighted by Crippen LogP contribution is 2.31. The molecule has 5 heteroatoms. The van der Waals surface area contributed by atoms with Crippen LogP contribution in [0.3, 0.4) is 0 Å². The Balaban J connectivity index is 2.56. The van der Waals surface area contributed by atoms with E-state index in [9.17, 15) is 13.2 Å². The molecule has 1 aliphatic heterocycles. The third-order valence-electron chi connectivity index (χ3n) is 2.41. The van der Waals surface area contributed by atoms with Crippen LogP contribution in [0.5, 0.6) is 0 Å². The van der Waals surface area contributed by atoms with Crippen molar-refractivity contribution < 1.29 is 13.2 Å². The first kappa shape index (κ1) is 10.9. The highest BCUT2D eigenvalue weighted by Gasteiger charge is 2.25. The van der Waals surface area contributed by atoms with Crippen LogP contribution in [0.1, 0.15) is 12.5 Å². The quantitative estimate of drug-likeness (QED) is 0.791. The molecule has 0 spiro atoms. The smallest absolute Gasteiger partial charge is 0.257 e. The highest BCUT2D eigenvalue weighted by molar-refractivity contribution is 7.94. The van der Waals surface area contributed by atoms with Crippen LogP contribution in [0.4, 0.5) is 5.69 Å². The molecular weight excluding hydrogens is 226 g/mol. The number of carbonyl (C=O) groups excluding carboxylic acids is 1. The fourth-order valence-corrected chi connectivity index (χ4v) is 2.28. The maximum atomic E-state index is 11.6. The molecule has 0 atom stereocenters. The SMILES string of the molecule is CCS(=O)(=O)C=C1C(=O)Nc2ccccc21. The molecular formula is C11H11NO3S. The monoisotopic (exact) mass is 237 g/mol. The standard InChI is InChI=1S/C11H11NO3S/c1-2-16(14,15)7-9-8-5-3-4-6-10(8)12-11(9)13/h3-7H,2H2,1H3,(H,12,13). The van der Waals surface area contributed by atoms with Gasteiger partial charge in [-0.05, 0) is 6.07 Å². The fraction of sp³-hybridized carbons (Fsp3) is 0.182. The molecule has 84 valence electrons. The van der Waals surface area contributed by atoms with Crippen molar-refractivity contribution in [3.05, 3.63) is 35.2 Å². The van der Waals surface area contributed by atoms with Gasteiger partial charge in [-0.1, -0.05) is 25.1 Å². The fourth-order valence-electron chi connectivity index (χ4n) is 1.52. The molecule has 2 rings (SSSR count). The van der Waals surface area contributed by atoms with Crippen LogP contribution < -0.4 is 5.32 Å². The van der Waals surface area contributed by atoms with E-state index >= 15 is 0 Å². The minimum Gasteiger partial charge on any atom is -0.321 e. The van der Waals surface area contributed by atoms with Gasteiger partial charge in [0.15, 0.2) is 9.84 Å². The Morgan fingerprint density at radius 3 is 2.69 bits per heavy atom. The second-order valence-corrected chi connectivity index (χ2v) is 5.62. The molecule has 0 radical (unpaired) electrons. The minimum absolute atomic E-state index is 0.00799. The van der Waals surface area contributed by atoms with E-state index in [0.29, 0.717) is 11.3 Å². The first-order chi connectivity index (χ1) is 7.53. The lowest BCUT2D eigenvalue weighted by Gasteiger charge is -1.97. The second kappa shape index (κ2) is 3.75. The number of anilines is 1. The normalized spacial score (nSPS) is 17.3. The lowest BCUT2D eigenvalue weighted by Crippen LogP contribution is -2.06. The molecule has 1 amide bonds. The largest absolute Gasteiger partial charge is 0.321 e. The van der Waals surface area contributed by atoms with Gasteiger partial charge in [0.25, 0.3) is 5.91 Å². The number of hydrogen-bond acceptors (Lipinski definition) is 3. The Morgan fingerprint density at radius 2 is 2.00 bits per heavy atom. The molecule has 4 nitrogen and oxygen atoms in total. The molecule has 0 fully saturated rings. The van der Waals surface area contributed by atoms with Crippen molar-refractivity contribution in [2.24, 2.45) is 0 Å². The Hall–Kier alpha value is -1.62. The topological polar surface area (TPSA) is 63.2 Å². The highest BCUT2D eigenvalue weighted by atomic mass is 32.2. The zero-order chi connectivity index (χ0) is 11.8. The van der Waals surface area contributed by atoms with Crippen LogP contribution in [0.25, 0.3) is 5.57 Å². The minimum atomic E-state index is -3.30. The molecule has 1 heterocycles. The molecule has 0 saturated carbocycles. The number of para-hydroxylation sites is 1. The van der Waals surface area contributed by atoms with E-state index in [0.717, 1.165) is 5.41 Å². The molecule has 1 aliphatic rings. The maximum absolute atomic E-state index is 11.6.